The lowest BCUT2D eigenvalue weighted by Gasteiger charge is -2.15. The maximum Gasteiger partial charge on any atom is 0.340 e. The third-order valence-corrected chi connectivity index (χ3v) is 4.16. The summed E-state index contributed by atoms with van der Waals surface area (Å²) >= 11 is 1.46. The second kappa shape index (κ2) is 6.34. The Balaban J connectivity index is 2.64. The minimum absolute atomic E-state index is 0.0365. The smallest absolute Gasteiger partial charge is 0.340 e. The van der Waals surface area contributed by atoms with Crippen molar-refractivity contribution < 1.29 is 14.6 Å². The molecular formula is C14H22O3S. The van der Waals surface area contributed by atoms with Gasteiger partial charge in [-0.1, -0.05) is 34.1 Å². The summed E-state index contributed by atoms with van der Waals surface area (Å²) < 4.78 is 5.01. The van der Waals surface area contributed by atoms with Gasteiger partial charge in [-0.25, -0.2) is 4.79 Å². The van der Waals surface area contributed by atoms with Crippen LogP contribution in [0, 0.1) is 0 Å². The maximum atomic E-state index is 11.6. The van der Waals surface area contributed by atoms with Gasteiger partial charge in [-0.3, -0.25) is 0 Å². The van der Waals surface area contributed by atoms with Gasteiger partial charge in [-0.2, -0.15) is 0 Å². The number of hydrogen-bond acceptors (Lipinski definition) is 4. The molecule has 1 atom stereocenters. The molecule has 0 unspecified atom stereocenters. The Morgan fingerprint density at radius 2 is 2.11 bits per heavy atom. The highest BCUT2D eigenvalue weighted by Gasteiger charge is 2.23. The van der Waals surface area contributed by atoms with Crippen molar-refractivity contribution in [2.75, 3.05) is 6.61 Å². The van der Waals surface area contributed by atoms with E-state index < -0.39 is 12.1 Å². The van der Waals surface area contributed by atoms with Gasteiger partial charge < -0.3 is 9.84 Å². The highest BCUT2D eigenvalue weighted by Crippen LogP contribution is 2.32. The Morgan fingerprint density at radius 3 is 2.61 bits per heavy atom. The van der Waals surface area contributed by atoms with Crippen molar-refractivity contribution in [2.45, 2.75) is 52.1 Å². The molecule has 1 rings (SSSR count). The Hall–Kier alpha value is -0.870. The normalized spacial score (nSPS) is 13.4. The Morgan fingerprint density at radius 1 is 1.44 bits per heavy atom. The number of esters is 1. The van der Waals surface area contributed by atoms with E-state index in [4.69, 9.17) is 4.74 Å². The topological polar surface area (TPSA) is 46.5 Å². The van der Waals surface area contributed by atoms with Crippen molar-refractivity contribution in [1.29, 1.82) is 0 Å². The van der Waals surface area contributed by atoms with E-state index in [0.29, 0.717) is 11.5 Å². The second-order valence-electron chi connectivity index (χ2n) is 5.38. The average molecular weight is 270 g/mol. The first-order chi connectivity index (χ1) is 8.36. The molecule has 0 aromatic carbocycles. The van der Waals surface area contributed by atoms with Crippen LogP contribution in [0.3, 0.4) is 0 Å². The molecule has 0 saturated heterocycles. The number of rotatable bonds is 5. The molecule has 4 heteroatoms. The van der Waals surface area contributed by atoms with E-state index in [2.05, 4.69) is 20.8 Å². The van der Waals surface area contributed by atoms with Gasteiger partial charge >= 0.3 is 5.97 Å². The number of aliphatic hydroxyl groups is 1. The number of carbonyl (C=O) groups excluding carboxylic acids is 1. The highest BCUT2D eigenvalue weighted by molar-refractivity contribution is 7.12. The molecule has 0 aliphatic rings. The van der Waals surface area contributed by atoms with E-state index in [1.54, 1.807) is 6.07 Å². The van der Waals surface area contributed by atoms with E-state index in [1.165, 1.54) is 11.3 Å². The van der Waals surface area contributed by atoms with Gasteiger partial charge in [-0.05, 0) is 24.0 Å². The molecule has 1 heterocycles. The van der Waals surface area contributed by atoms with Crippen LogP contribution in [0.15, 0.2) is 12.1 Å². The van der Waals surface area contributed by atoms with Gasteiger partial charge in [0.2, 0.25) is 0 Å². The van der Waals surface area contributed by atoms with E-state index in [1.807, 2.05) is 13.0 Å². The van der Waals surface area contributed by atoms with Crippen molar-refractivity contribution in [3.05, 3.63) is 21.9 Å². The summed E-state index contributed by atoms with van der Waals surface area (Å²) in [6.07, 6.45) is 0.648. The lowest BCUT2D eigenvalue weighted by molar-refractivity contribution is -0.153. The third kappa shape index (κ3) is 4.10. The van der Waals surface area contributed by atoms with Crippen LogP contribution in [0.25, 0.3) is 0 Å². The van der Waals surface area contributed by atoms with E-state index in [-0.39, 0.29) is 5.41 Å². The first-order valence-electron chi connectivity index (χ1n) is 6.31. The zero-order valence-corrected chi connectivity index (χ0v) is 12.3. The fourth-order valence-corrected chi connectivity index (χ4v) is 2.46. The molecule has 1 N–H and O–H groups in total. The van der Waals surface area contributed by atoms with Crippen LogP contribution in [-0.4, -0.2) is 17.7 Å². The van der Waals surface area contributed by atoms with E-state index in [9.17, 15) is 9.90 Å². The molecule has 0 aliphatic carbocycles. The van der Waals surface area contributed by atoms with E-state index in [0.717, 1.165) is 17.7 Å². The zero-order valence-electron chi connectivity index (χ0n) is 11.5. The van der Waals surface area contributed by atoms with Crippen molar-refractivity contribution in [1.82, 2.24) is 0 Å². The van der Waals surface area contributed by atoms with Crippen molar-refractivity contribution in [3.8, 4) is 0 Å². The number of hydrogen-bond donors (Lipinski definition) is 1. The summed E-state index contributed by atoms with van der Waals surface area (Å²) in [6, 6.07) is 3.76. The number of aliphatic hydroxyl groups excluding tert-OH is 1. The largest absolute Gasteiger partial charge is 0.463 e. The monoisotopic (exact) mass is 270 g/mol. The Bertz CT molecular complexity index is 390. The number of thiophene rings is 1. The van der Waals surface area contributed by atoms with Gasteiger partial charge in [0.1, 0.15) is 0 Å². The first-order valence-corrected chi connectivity index (χ1v) is 7.13. The Labute approximate surface area is 113 Å². The van der Waals surface area contributed by atoms with Gasteiger partial charge in [0.25, 0.3) is 0 Å². The molecule has 3 nitrogen and oxygen atoms in total. The molecule has 1 aromatic rings. The summed E-state index contributed by atoms with van der Waals surface area (Å²) in [5.41, 5.74) is 0.0365. The van der Waals surface area contributed by atoms with Crippen molar-refractivity contribution in [3.63, 3.8) is 0 Å². The van der Waals surface area contributed by atoms with Crippen LogP contribution in [-0.2, 0) is 14.9 Å². The predicted molar refractivity (Wildman–Crippen MR) is 73.8 cm³/mol. The van der Waals surface area contributed by atoms with E-state index >= 15 is 0 Å². The lowest BCUT2D eigenvalue weighted by atomic mass is 9.95. The van der Waals surface area contributed by atoms with Crippen LogP contribution in [0.2, 0.25) is 0 Å². The van der Waals surface area contributed by atoms with Gasteiger partial charge in [0, 0.05) is 9.75 Å². The molecule has 0 bridgehead atoms. The first kappa shape index (κ1) is 15.2. The summed E-state index contributed by atoms with van der Waals surface area (Å²) in [5.74, 6) is -0.550. The molecule has 102 valence electrons. The van der Waals surface area contributed by atoms with Gasteiger partial charge in [-0.15, -0.1) is 11.3 Å². The van der Waals surface area contributed by atoms with Crippen LogP contribution >= 0.6 is 11.3 Å². The molecule has 1 aromatic heterocycles. The third-order valence-electron chi connectivity index (χ3n) is 2.60. The Kier molecular flexibility index (Phi) is 5.35. The molecule has 0 radical (unpaired) electrons. The molecule has 18 heavy (non-hydrogen) atoms. The number of unbranched alkanes of at least 4 members (excludes halogenated alkanes) is 1. The summed E-state index contributed by atoms with van der Waals surface area (Å²) in [7, 11) is 0. The van der Waals surface area contributed by atoms with Gasteiger partial charge in [0.05, 0.1) is 6.61 Å². The lowest BCUT2D eigenvalue weighted by Crippen LogP contribution is -2.15. The minimum Gasteiger partial charge on any atom is -0.463 e. The fourth-order valence-electron chi connectivity index (χ4n) is 1.42. The van der Waals surface area contributed by atoms with Crippen molar-refractivity contribution >= 4 is 17.3 Å². The second-order valence-corrected chi connectivity index (χ2v) is 6.49. The minimum atomic E-state index is -1.15. The van der Waals surface area contributed by atoms with Crippen LogP contribution < -0.4 is 0 Å². The zero-order chi connectivity index (χ0) is 13.8. The van der Waals surface area contributed by atoms with Crippen molar-refractivity contribution in [2.24, 2.45) is 0 Å². The highest BCUT2D eigenvalue weighted by atomic mass is 32.1. The molecule has 0 spiro atoms. The SMILES string of the molecule is CCCCOC(=O)[C@@H](O)c1ccc(C(C)(C)C)s1. The molecule has 0 aliphatic heterocycles. The summed E-state index contributed by atoms with van der Waals surface area (Å²) in [5, 5.41) is 9.90. The molecule has 0 fully saturated rings. The predicted octanol–water partition coefficient (Wildman–Crippen LogP) is 3.42. The number of carbonyl (C=O) groups is 1. The average Bonchev–Trinajstić information content (AvgIpc) is 2.77. The van der Waals surface area contributed by atoms with Crippen LogP contribution in [0.1, 0.15) is 56.4 Å². The summed E-state index contributed by atoms with van der Waals surface area (Å²) in [4.78, 5) is 13.4. The standard InChI is InChI=1S/C14H22O3S/c1-5-6-9-17-13(16)12(15)10-7-8-11(18-10)14(2,3)4/h7-8,12,15H,5-6,9H2,1-4H3/t12-/m0/s1. The van der Waals surface area contributed by atoms with Gasteiger partial charge in [0.15, 0.2) is 6.10 Å². The fraction of sp³-hybridized carbons (Fsp3) is 0.643. The number of ether oxygens (including phenoxy) is 1. The molecular weight excluding hydrogens is 248 g/mol. The van der Waals surface area contributed by atoms with Crippen LogP contribution in [0.4, 0.5) is 0 Å². The van der Waals surface area contributed by atoms with Crippen LogP contribution in [0.5, 0.6) is 0 Å². The maximum absolute atomic E-state index is 11.6. The molecule has 0 amide bonds. The summed E-state index contributed by atoms with van der Waals surface area (Å²) in [6.45, 7) is 8.72. The quantitative estimate of drug-likeness (QED) is 0.658. The molecule has 0 saturated carbocycles.